The molecule has 14 heavy (non-hydrogen) atoms. The highest BCUT2D eigenvalue weighted by molar-refractivity contribution is 6.29. The minimum Gasteiger partial charge on any atom is -0.376 e. The highest BCUT2D eigenvalue weighted by atomic mass is 35.5. The third kappa shape index (κ3) is 2.20. The lowest BCUT2D eigenvalue weighted by Crippen LogP contribution is -2.23. The van der Waals surface area contributed by atoms with E-state index in [-0.39, 0.29) is 6.10 Å². The molecule has 76 valence electrons. The molecule has 1 fully saturated rings. The fourth-order valence-corrected chi connectivity index (χ4v) is 1.58. The maximum absolute atomic E-state index is 5.82. The first kappa shape index (κ1) is 9.83. The van der Waals surface area contributed by atoms with Crippen LogP contribution in [0.15, 0.2) is 6.07 Å². The summed E-state index contributed by atoms with van der Waals surface area (Å²) in [5.74, 6) is 0.606. The molecule has 0 radical (unpaired) electrons. The lowest BCUT2D eigenvalue weighted by atomic mass is 10.3. The van der Waals surface area contributed by atoms with Gasteiger partial charge in [0, 0.05) is 5.69 Å². The molecule has 5 heteroatoms. The highest BCUT2D eigenvalue weighted by Gasteiger charge is 2.19. The lowest BCUT2D eigenvalue weighted by Gasteiger charge is -2.21. The van der Waals surface area contributed by atoms with Gasteiger partial charge in [-0.15, -0.1) is 0 Å². The summed E-state index contributed by atoms with van der Waals surface area (Å²) in [6, 6.07) is 1.72. The number of nitrogens with zero attached hydrogens (tertiary/aromatic N) is 2. The van der Waals surface area contributed by atoms with E-state index in [0.29, 0.717) is 30.8 Å². The van der Waals surface area contributed by atoms with E-state index >= 15 is 0 Å². The molecule has 1 aromatic heterocycles. The molecule has 0 saturated carbocycles. The van der Waals surface area contributed by atoms with Crippen molar-refractivity contribution in [3.63, 3.8) is 0 Å². The van der Waals surface area contributed by atoms with Crippen LogP contribution in [-0.2, 0) is 9.47 Å². The van der Waals surface area contributed by atoms with Gasteiger partial charge in [-0.2, -0.15) is 0 Å². The number of hydrogen-bond acceptors (Lipinski definition) is 4. The summed E-state index contributed by atoms with van der Waals surface area (Å²) >= 11 is 5.82. The maximum atomic E-state index is 5.82. The van der Waals surface area contributed by atoms with Crippen molar-refractivity contribution < 1.29 is 9.47 Å². The smallest absolute Gasteiger partial charge is 0.161 e. The van der Waals surface area contributed by atoms with Crippen LogP contribution in [0, 0.1) is 6.92 Å². The Balaban J connectivity index is 2.21. The van der Waals surface area contributed by atoms with E-state index in [1.54, 1.807) is 6.07 Å². The molecule has 0 amide bonds. The summed E-state index contributed by atoms with van der Waals surface area (Å²) in [5, 5.41) is 0.446. The second-order valence-corrected chi connectivity index (χ2v) is 3.51. The number of rotatable bonds is 1. The van der Waals surface area contributed by atoms with Gasteiger partial charge in [0.1, 0.15) is 11.3 Å². The summed E-state index contributed by atoms with van der Waals surface area (Å²) in [4.78, 5) is 8.36. The summed E-state index contributed by atoms with van der Waals surface area (Å²) in [6.45, 7) is 3.59. The predicted molar refractivity (Wildman–Crippen MR) is 51.3 cm³/mol. The lowest BCUT2D eigenvalue weighted by molar-refractivity contribution is -0.0935. The molecule has 0 aliphatic carbocycles. The largest absolute Gasteiger partial charge is 0.376 e. The fourth-order valence-electron chi connectivity index (χ4n) is 1.33. The van der Waals surface area contributed by atoms with Gasteiger partial charge in [0.15, 0.2) is 5.82 Å². The van der Waals surface area contributed by atoms with Gasteiger partial charge in [-0.1, -0.05) is 11.6 Å². The molecule has 0 aromatic carbocycles. The summed E-state index contributed by atoms with van der Waals surface area (Å²) in [7, 11) is 0. The van der Waals surface area contributed by atoms with Crippen molar-refractivity contribution in [2.75, 3.05) is 19.8 Å². The van der Waals surface area contributed by atoms with Crippen LogP contribution in [0.5, 0.6) is 0 Å². The van der Waals surface area contributed by atoms with Crippen molar-refractivity contribution >= 4 is 11.6 Å². The number of aryl methyl sites for hydroxylation is 1. The van der Waals surface area contributed by atoms with Gasteiger partial charge in [-0.05, 0) is 13.0 Å². The van der Waals surface area contributed by atoms with Crippen LogP contribution in [-0.4, -0.2) is 29.8 Å². The van der Waals surface area contributed by atoms with Gasteiger partial charge in [0.25, 0.3) is 0 Å². The Morgan fingerprint density at radius 3 is 2.93 bits per heavy atom. The SMILES string of the molecule is Cc1cc(Cl)nc(C2COCCO2)n1. The molecule has 1 atom stereocenters. The maximum Gasteiger partial charge on any atom is 0.161 e. The van der Waals surface area contributed by atoms with Gasteiger partial charge in [0.2, 0.25) is 0 Å². The Labute approximate surface area is 87.2 Å². The minimum absolute atomic E-state index is 0.179. The van der Waals surface area contributed by atoms with E-state index < -0.39 is 0 Å². The third-order valence-electron chi connectivity index (χ3n) is 1.94. The summed E-state index contributed by atoms with van der Waals surface area (Å²) in [5.41, 5.74) is 0.842. The van der Waals surface area contributed by atoms with Crippen molar-refractivity contribution in [1.29, 1.82) is 0 Å². The van der Waals surface area contributed by atoms with E-state index in [9.17, 15) is 0 Å². The monoisotopic (exact) mass is 214 g/mol. The zero-order valence-electron chi connectivity index (χ0n) is 7.86. The molecule has 0 spiro atoms. The van der Waals surface area contributed by atoms with Crippen molar-refractivity contribution in [1.82, 2.24) is 9.97 Å². The van der Waals surface area contributed by atoms with Gasteiger partial charge >= 0.3 is 0 Å². The molecule has 1 aliphatic heterocycles. The van der Waals surface area contributed by atoms with Crippen LogP contribution in [0.1, 0.15) is 17.6 Å². The van der Waals surface area contributed by atoms with Gasteiger partial charge in [0.05, 0.1) is 19.8 Å². The Hall–Kier alpha value is -0.710. The van der Waals surface area contributed by atoms with E-state index in [4.69, 9.17) is 21.1 Å². The van der Waals surface area contributed by atoms with Crippen molar-refractivity contribution in [3.05, 3.63) is 22.7 Å². The van der Waals surface area contributed by atoms with Crippen LogP contribution in [0.3, 0.4) is 0 Å². The van der Waals surface area contributed by atoms with E-state index in [1.165, 1.54) is 0 Å². The molecule has 4 nitrogen and oxygen atoms in total. The van der Waals surface area contributed by atoms with Gasteiger partial charge < -0.3 is 9.47 Å². The summed E-state index contributed by atoms with van der Waals surface area (Å²) in [6.07, 6.45) is -0.179. The number of ether oxygens (including phenoxy) is 2. The molecule has 2 rings (SSSR count). The third-order valence-corrected chi connectivity index (χ3v) is 2.14. The molecule has 0 bridgehead atoms. The van der Waals surface area contributed by atoms with E-state index in [0.717, 1.165) is 5.69 Å². The summed E-state index contributed by atoms with van der Waals surface area (Å²) < 4.78 is 10.7. The molecular formula is C9H11ClN2O2. The first-order chi connectivity index (χ1) is 6.75. The highest BCUT2D eigenvalue weighted by Crippen LogP contribution is 2.19. The van der Waals surface area contributed by atoms with Crippen LogP contribution in [0.2, 0.25) is 5.15 Å². The Bertz CT molecular complexity index is 306. The van der Waals surface area contributed by atoms with Crippen LogP contribution < -0.4 is 0 Å². The Kier molecular flexibility index (Phi) is 2.96. The average molecular weight is 215 g/mol. The van der Waals surface area contributed by atoms with Crippen molar-refractivity contribution in [2.24, 2.45) is 0 Å². The molecule has 1 aliphatic rings. The minimum atomic E-state index is -0.179. The molecule has 1 aromatic rings. The molecular weight excluding hydrogens is 204 g/mol. The second-order valence-electron chi connectivity index (χ2n) is 3.12. The van der Waals surface area contributed by atoms with Crippen molar-refractivity contribution in [3.8, 4) is 0 Å². The molecule has 1 unspecified atom stereocenters. The number of halogens is 1. The quantitative estimate of drug-likeness (QED) is 0.665. The number of hydrogen-bond donors (Lipinski definition) is 0. The van der Waals surface area contributed by atoms with E-state index in [1.807, 2.05) is 6.92 Å². The first-order valence-corrected chi connectivity index (χ1v) is 4.84. The topological polar surface area (TPSA) is 44.2 Å². The molecule has 1 saturated heterocycles. The molecule has 2 heterocycles. The van der Waals surface area contributed by atoms with Gasteiger partial charge in [-0.25, -0.2) is 9.97 Å². The van der Waals surface area contributed by atoms with E-state index in [2.05, 4.69) is 9.97 Å². The Morgan fingerprint density at radius 1 is 1.43 bits per heavy atom. The van der Waals surface area contributed by atoms with Crippen molar-refractivity contribution in [2.45, 2.75) is 13.0 Å². The zero-order valence-corrected chi connectivity index (χ0v) is 8.62. The average Bonchev–Trinajstić information content (AvgIpc) is 2.18. The fraction of sp³-hybridized carbons (Fsp3) is 0.556. The van der Waals surface area contributed by atoms with Crippen LogP contribution in [0.4, 0.5) is 0 Å². The second kappa shape index (κ2) is 4.21. The van der Waals surface area contributed by atoms with Crippen LogP contribution >= 0.6 is 11.6 Å². The normalized spacial score (nSPS) is 22.3. The standard InChI is InChI=1S/C9H11ClN2O2/c1-6-4-8(10)12-9(11-6)7-5-13-2-3-14-7/h4,7H,2-3,5H2,1H3. The predicted octanol–water partition coefficient (Wildman–Crippen LogP) is 1.53. The number of aromatic nitrogens is 2. The zero-order chi connectivity index (χ0) is 9.97. The van der Waals surface area contributed by atoms with Crippen LogP contribution in [0.25, 0.3) is 0 Å². The van der Waals surface area contributed by atoms with Gasteiger partial charge in [-0.3, -0.25) is 0 Å². The Morgan fingerprint density at radius 2 is 2.29 bits per heavy atom. The molecule has 0 N–H and O–H groups in total. The first-order valence-electron chi connectivity index (χ1n) is 4.46.